The lowest BCUT2D eigenvalue weighted by atomic mass is 10.0. The predicted molar refractivity (Wildman–Crippen MR) is 65.1 cm³/mol. The van der Waals surface area contributed by atoms with Gasteiger partial charge in [0.1, 0.15) is 0 Å². The molecule has 0 aliphatic carbocycles. The van der Waals surface area contributed by atoms with E-state index in [4.69, 9.17) is 0 Å². The Morgan fingerprint density at radius 3 is 2.94 bits per heavy atom. The van der Waals surface area contributed by atoms with Crippen LogP contribution < -0.4 is 5.32 Å². The third kappa shape index (κ3) is 1.62. The lowest BCUT2D eigenvalue weighted by Crippen LogP contribution is -2.50. The van der Waals surface area contributed by atoms with Crippen LogP contribution in [-0.4, -0.2) is 35.0 Å². The molecule has 0 aromatic heterocycles. The molecule has 0 radical (unpaired) electrons. The number of nitrogens with one attached hydrogen (secondary N) is 1. The number of carbonyl (C=O) groups excluding carboxylic acids is 1. The smallest absolute Gasteiger partial charge is 0.233 e. The lowest BCUT2D eigenvalue weighted by Gasteiger charge is -2.37. The van der Waals surface area contributed by atoms with Gasteiger partial charge in [-0.2, -0.15) is 0 Å². The fourth-order valence-corrected chi connectivity index (χ4v) is 3.71. The quantitative estimate of drug-likeness (QED) is 0.793. The van der Waals surface area contributed by atoms with Crippen LogP contribution >= 0.6 is 11.8 Å². The first kappa shape index (κ1) is 10.2. The minimum Gasteiger partial charge on any atom is -0.327 e. The Balaban J connectivity index is 1.88. The second kappa shape index (κ2) is 4.11. The zero-order valence-corrected chi connectivity index (χ0v) is 9.74. The number of hydrogen-bond acceptors (Lipinski definition) is 3. The number of hydrogen-bond donors (Lipinski definition) is 1. The van der Waals surface area contributed by atoms with E-state index < -0.39 is 0 Å². The zero-order chi connectivity index (χ0) is 11.0. The summed E-state index contributed by atoms with van der Waals surface area (Å²) in [6.07, 6.45) is 0. The fourth-order valence-electron chi connectivity index (χ4n) is 2.38. The molecule has 4 heteroatoms. The van der Waals surface area contributed by atoms with Gasteiger partial charge in [0.2, 0.25) is 5.91 Å². The van der Waals surface area contributed by atoms with Crippen LogP contribution in [0.3, 0.4) is 0 Å². The molecule has 3 nitrogen and oxygen atoms in total. The van der Waals surface area contributed by atoms with E-state index in [-0.39, 0.29) is 17.3 Å². The molecule has 2 saturated heterocycles. The molecule has 2 heterocycles. The van der Waals surface area contributed by atoms with E-state index >= 15 is 0 Å². The lowest BCUT2D eigenvalue weighted by molar-refractivity contribution is -0.129. The second-order valence-electron chi connectivity index (χ2n) is 4.13. The SMILES string of the molecule is O=C1CS[C@H]2[C@@H](c3ccccc3)NCCN12. The van der Waals surface area contributed by atoms with E-state index in [2.05, 4.69) is 29.6 Å². The summed E-state index contributed by atoms with van der Waals surface area (Å²) in [6, 6.07) is 10.7. The van der Waals surface area contributed by atoms with Crippen molar-refractivity contribution < 1.29 is 4.79 Å². The van der Waals surface area contributed by atoms with Crippen LogP contribution in [0.15, 0.2) is 30.3 Å². The summed E-state index contributed by atoms with van der Waals surface area (Å²) < 4.78 is 0. The monoisotopic (exact) mass is 234 g/mol. The van der Waals surface area contributed by atoms with Crippen LogP contribution in [0, 0.1) is 0 Å². The Morgan fingerprint density at radius 2 is 2.12 bits per heavy atom. The molecule has 1 aromatic carbocycles. The van der Waals surface area contributed by atoms with Gasteiger partial charge in [0.15, 0.2) is 0 Å². The Hall–Kier alpha value is -1.00. The highest BCUT2D eigenvalue weighted by atomic mass is 32.2. The van der Waals surface area contributed by atoms with Gasteiger partial charge in [-0.3, -0.25) is 4.79 Å². The van der Waals surface area contributed by atoms with Gasteiger partial charge in [0.25, 0.3) is 0 Å². The van der Waals surface area contributed by atoms with Crippen molar-refractivity contribution in [3.63, 3.8) is 0 Å². The van der Waals surface area contributed by atoms with Crippen molar-refractivity contribution in [2.45, 2.75) is 11.4 Å². The third-order valence-corrected chi connectivity index (χ3v) is 4.45. The van der Waals surface area contributed by atoms with E-state index in [1.165, 1.54) is 5.56 Å². The number of amides is 1. The second-order valence-corrected chi connectivity index (χ2v) is 5.24. The summed E-state index contributed by atoms with van der Waals surface area (Å²) >= 11 is 1.75. The highest BCUT2D eigenvalue weighted by molar-refractivity contribution is 8.01. The molecular formula is C12H14N2OS. The third-order valence-electron chi connectivity index (χ3n) is 3.17. The standard InChI is InChI=1S/C12H14N2OS/c15-10-8-16-12-11(13-6-7-14(10)12)9-4-2-1-3-5-9/h1-5,11-13H,6-8H2/t11-,12+/m1/s1. The molecule has 2 aliphatic rings. The molecule has 1 aromatic rings. The summed E-state index contributed by atoms with van der Waals surface area (Å²) in [4.78, 5) is 13.7. The van der Waals surface area contributed by atoms with Crippen molar-refractivity contribution in [1.82, 2.24) is 10.2 Å². The van der Waals surface area contributed by atoms with Gasteiger partial charge in [-0.25, -0.2) is 0 Å². The summed E-state index contributed by atoms with van der Waals surface area (Å²) in [5.41, 5.74) is 1.28. The molecule has 3 rings (SSSR count). The largest absolute Gasteiger partial charge is 0.327 e. The van der Waals surface area contributed by atoms with E-state index in [0.29, 0.717) is 5.75 Å². The molecule has 1 N–H and O–H groups in total. The molecule has 0 saturated carbocycles. The average Bonchev–Trinajstić information content (AvgIpc) is 2.73. The molecule has 0 bridgehead atoms. The van der Waals surface area contributed by atoms with Crippen molar-refractivity contribution >= 4 is 17.7 Å². The van der Waals surface area contributed by atoms with Crippen molar-refractivity contribution in [1.29, 1.82) is 0 Å². The minimum absolute atomic E-state index is 0.281. The zero-order valence-electron chi connectivity index (χ0n) is 8.93. The van der Waals surface area contributed by atoms with Crippen LogP contribution in [0.5, 0.6) is 0 Å². The molecule has 2 fully saturated rings. The number of thioether (sulfide) groups is 1. The Bertz CT molecular complexity index is 395. The first-order valence-electron chi connectivity index (χ1n) is 5.56. The minimum atomic E-state index is 0.281. The summed E-state index contributed by atoms with van der Waals surface area (Å²) in [7, 11) is 0. The molecule has 2 atom stereocenters. The average molecular weight is 234 g/mol. The highest BCUT2D eigenvalue weighted by Gasteiger charge is 2.39. The summed E-state index contributed by atoms with van der Waals surface area (Å²) in [6.45, 7) is 1.74. The molecule has 0 spiro atoms. The van der Waals surface area contributed by atoms with Crippen LogP contribution in [0.25, 0.3) is 0 Å². The maximum absolute atomic E-state index is 11.7. The number of carbonyl (C=O) groups is 1. The Labute approximate surface area is 99.2 Å². The fraction of sp³-hybridized carbons (Fsp3) is 0.417. The van der Waals surface area contributed by atoms with Crippen molar-refractivity contribution in [2.24, 2.45) is 0 Å². The van der Waals surface area contributed by atoms with Gasteiger partial charge in [-0.05, 0) is 5.56 Å². The molecule has 16 heavy (non-hydrogen) atoms. The van der Waals surface area contributed by atoms with Crippen LogP contribution in [0.2, 0.25) is 0 Å². The maximum Gasteiger partial charge on any atom is 0.233 e. The number of benzene rings is 1. The van der Waals surface area contributed by atoms with Crippen LogP contribution in [-0.2, 0) is 4.79 Å². The molecule has 1 amide bonds. The highest BCUT2D eigenvalue weighted by Crippen LogP contribution is 2.36. The van der Waals surface area contributed by atoms with Crippen LogP contribution in [0.4, 0.5) is 0 Å². The topological polar surface area (TPSA) is 32.3 Å². The predicted octanol–water partition coefficient (Wildman–Crippen LogP) is 1.23. The van der Waals surface area contributed by atoms with Crippen molar-refractivity contribution in [3.05, 3.63) is 35.9 Å². The summed E-state index contributed by atoms with van der Waals surface area (Å²) in [5, 5.41) is 3.79. The van der Waals surface area contributed by atoms with E-state index in [9.17, 15) is 4.79 Å². The van der Waals surface area contributed by atoms with Gasteiger partial charge < -0.3 is 10.2 Å². The van der Waals surface area contributed by atoms with Crippen LogP contribution in [0.1, 0.15) is 11.6 Å². The van der Waals surface area contributed by atoms with Gasteiger partial charge in [-0.1, -0.05) is 30.3 Å². The van der Waals surface area contributed by atoms with E-state index in [1.807, 2.05) is 11.0 Å². The van der Waals surface area contributed by atoms with Crippen molar-refractivity contribution in [3.8, 4) is 0 Å². The van der Waals surface area contributed by atoms with Gasteiger partial charge >= 0.3 is 0 Å². The molecule has 84 valence electrons. The Kier molecular flexibility index (Phi) is 2.61. The number of nitrogens with zero attached hydrogens (tertiary/aromatic N) is 1. The normalized spacial score (nSPS) is 29.2. The number of fused-ring (bicyclic) bond motifs is 1. The van der Waals surface area contributed by atoms with Gasteiger partial charge in [0.05, 0.1) is 17.2 Å². The molecule has 2 aliphatic heterocycles. The number of piperazine rings is 1. The van der Waals surface area contributed by atoms with E-state index in [0.717, 1.165) is 13.1 Å². The number of rotatable bonds is 1. The Morgan fingerprint density at radius 1 is 1.31 bits per heavy atom. The maximum atomic E-state index is 11.7. The van der Waals surface area contributed by atoms with Crippen molar-refractivity contribution in [2.75, 3.05) is 18.8 Å². The van der Waals surface area contributed by atoms with Gasteiger partial charge in [-0.15, -0.1) is 11.8 Å². The molecular weight excluding hydrogens is 220 g/mol. The van der Waals surface area contributed by atoms with E-state index in [1.54, 1.807) is 11.8 Å². The first-order valence-corrected chi connectivity index (χ1v) is 6.60. The first-order chi connectivity index (χ1) is 7.86. The summed E-state index contributed by atoms with van der Waals surface area (Å²) in [5.74, 6) is 0.924. The van der Waals surface area contributed by atoms with Gasteiger partial charge in [0, 0.05) is 13.1 Å². The molecule has 0 unspecified atom stereocenters.